The van der Waals surface area contributed by atoms with Gasteiger partial charge >= 0.3 is 6.16 Å². The fourth-order valence-corrected chi connectivity index (χ4v) is 1.54. The second-order valence-electron chi connectivity index (χ2n) is 4.29. The van der Waals surface area contributed by atoms with Crippen molar-refractivity contribution in [1.29, 1.82) is 0 Å². The number of rotatable bonds is 7. The number of unbranched alkanes of at least 4 members (excludes halogenated alkanes) is 1. The molecule has 0 atom stereocenters. The molecule has 0 saturated heterocycles. The van der Waals surface area contributed by atoms with Crippen LogP contribution in [0.3, 0.4) is 0 Å². The molecule has 6 heteroatoms. The van der Waals surface area contributed by atoms with Crippen LogP contribution in [0.5, 0.6) is 11.5 Å². The van der Waals surface area contributed by atoms with Gasteiger partial charge in [0.25, 0.3) is 0 Å². The van der Waals surface area contributed by atoms with Gasteiger partial charge in [0.1, 0.15) is 0 Å². The van der Waals surface area contributed by atoms with Gasteiger partial charge in [-0.1, -0.05) is 18.5 Å². The molecule has 0 spiro atoms. The van der Waals surface area contributed by atoms with Gasteiger partial charge in [0.05, 0.1) is 26.5 Å². The van der Waals surface area contributed by atoms with Crippen molar-refractivity contribution in [2.24, 2.45) is 5.16 Å². The summed E-state index contributed by atoms with van der Waals surface area (Å²) >= 11 is 0. The Morgan fingerprint density at radius 2 is 2.00 bits per heavy atom. The van der Waals surface area contributed by atoms with E-state index in [0.717, 1.165) is 18.4 Å². The zero-order valence-corrected chi connectivity index (χ0v) is 12.8. The van der Waals surface area contributed by atoms with E-state index in [9.17, 15) is 4.79 Å². The number of carbonyl (C=O) groups excluding carboxylic acids is 1. The van der Waals surface area contributed by atoms with Gasteiger partial charge in [0.15, 0.2) is 11.5 Å². The lowest BCUT2D eigenvalue weighted by molar-refractivity contribution is 0.0753. The molecule has 0 unspecified atom stereocenters. The molecular formula is C15H21NO5. The molecular weight excluding hydrogens is 274 g/mol. The van der Waals surface area contributed by atoms with Crippen LogP contribution < -0.4 is 9.47 Å². The highest BCUT2D eigenvalue weighted by Crippen LogP contribution is 2.28. The first kappa shape index (κ1) is 16.8. The summed E-state index contributed by atoms with van der Waals surface area (Å²) in [5, 5.41) is 3.70. The van der Waals surface area contributed by atoms with E-state index in [2.05, 4.69) is 21.7 Å². The molecule has 0 aliphatic carbocycles. The summed E-state index contributed by atoms with van der Waals surface area (Å²) in [6, 6.07) is 5.40. The van der Waals surface area contributed by atoms with Crippen molar-refractivity contribution in [3.05, 3.63) is 23.8 Å². The standard InChI is InChI=1S/C15H21NO5/c1-5-6-9-20-14-10-12(7-8-13(14)18-3)11(2)16-21-15(17)19-4/h7-8,10H,5-6,9H2,1-4H3/b16-11+. The minimum absolute atomic E-state index is 0.531. The minimum atomic E-state index is -0.859. The molecule has 116 valence electrons. The third-order valence-electron chi connectivity index (χ3n) is 2.76. The Kier molecular flexibility index (Phi) is 7.08. The minimum Gasteiger partial charge on any atom is -0.493 e. The lowest BCUT2D eigenvalue weighted by Gasteiger charge is -2.12. The van der Waals surface area contributed by atoms with E-state index >= 15 is 0 Å². The molecule has 1 aromatic carbocycles. The van der Waals surface area contributed by atoms with Crippen LogP contribution in [-0.4, -0.2) is 32.7 Å². The van der Waals surface area contributed by atoms with E-state index in [1.54, 1.807) is 26.2 Å². The van der Waals surface area contributed by atoms with Crippen LogP contribution >= 0.6 is 0 Å². The summed E-state index contributed by atoms with van der Waals surface area (Å²) in [4.78, 5) is 15.5. The van der Waals surface area contributed by atoms with Gasteiger partial charge in [-0.2, -0.15) is 0 Å². The quantitative estimate of drug-likeness (QED) is 0.254. The summed E-state index contributed by atoms with van der Waals surface area (Å²) in [5.41, 5.74) is 1.30. The molecule has 6 nitrogen and oxygen atoms in total. The molecule has 0 fully saturated rings. The molecule has 0 N–H and O–H groups in total. The number of benzene rings is 1. The number of oxime groups is 1. The summed E-state index contributed by atoms with van der Waals surface area (Å²) in [7, 11) is 2.81. The Morgan fingerprint density at radius 1 is 1.24 bits per heavy atom. The molecule has 0 radical (unpaired) electrons. The van der Waals surface area contributed by atoms with Crippen molar-refractivity contribution >= 4 is 11.9 Å². The first-order valence-corrected chi connectivity index (χ1v) is 6.73. The third kappa shape index (κ3) is 5.33. The van der Waals surface area contributed by atoms with Crippen molar-refractivity contribution in [3.63, 3.8) is 0 Å². The summed E-state index contributed by atoms with van der Waals surface area (Å²) in [6.07, 6.45) is 1.16. The van der Waals surface area contributed by atoms with E-state index in [1.165, 1.54) is 7.11 Å². The SMILES string of the molecule is CCCCOc1cc(/C(C)=N/OC(=O)OC)ccc1OC. The van der Waals surface area contributed by atoms with Crippen molar-refractivity contribution in [2.45, 2.75) is 26.7 Å². The molecule has 0 aromatic heterocycles. The maximum atomic E-state index is 10.9. The topological polar surface area (TPSA) is 66.4 Å². The summed E-state index contributed by atoms with van der Waals surface area (Å²) in [6.45, 7) is 4.43. The lowest BCUT2D eigenvalue weighted by Crippen LogP contribution is -2.04. The zero-order chi connectivity index (χ0) is 15.7. The first-order chi connectivity index (χ1) is 10.1. The van der Waals surface area contributed by atoms with E-state index in [4.69, 9.17) is 9.47 Å². The number of methoxy groups -OCH3 is 2. The van der Waals surface area contributed by atoms with Crippen molar-refractivity contribution in [2.75, 3.05) is 20.8 Å². The maximum Gasteiger partial charge on any atom is 0.534 e. The van der Waals surface area contributed by atoms with Crippen LogP contribution in [0.4, 0.5) is 4.79 Å². The predicted molar refractivity (Wildman–Crippen MR) is 79.1 cm³/mol. The van der Waals surface area contributed by atoms with E-state index in [1.807, 2.05) is 6.07 Å². The Hall–Kier alpha value is -2.24. The molecule has 0 aliphatic heterocycles. The average Bonchev–Trinajstić information content (AvgIpc) is 2.52. The van der Waals surface area contributed by atoms with Gasteiger partial charge < -0.3 is 14.2 Å². The lowest BCUT2D eigenvalue weighted by atomic mass is 10.1. The largest absolute Gasteiger partial charge is 0.534 e. The summed E-state index contributed by atoms with van der Waals surface area (Å²) in [5.74, 6) is 1.28. The van der Waals surface area contributed by atoms with Crippen LogP contribution in [0.1, 0.15) is 32.3 Å². The molecule has 0 aliphatic rings. The maximum absolute atomic E-state index is 10.9. The highest BCUT2D eigenvalue weighted by molar-refractivity contribution is 5.99. The van der Waals surface area contributed by atoms with Crippen LogP contribution in [0.15, 0.2) is 23.4 Å². The molecule has 0 heterocycles. The highest BCUT2D eigenvalue weighted by Gasteiger charge is 2.09. The second-order valence-corrected chi connectivity index (χ2v) is 4.29. The van der Waals surface area contributed by atoms with Gasteiger partial charge in [-0.15, -0.1) is 0 Å². The normalized spacial score (nSPS) is 11.0. The van der Waals surface area contributed by atoms with E-state index < -0.39 is 6.16 Å². The third-order valence-corrected chi connectivity index (χ3v) is 2.76. The Morgan fingerprint density at radius 3 is 2.62 bits per heavy atom. The average molecular weight is 295 g/mol. The number of carbonyl (C=O) groups is 1. The molecule has 0 saturated carbocycles. The highest BCUT2D eigenvalue weighted by atomic mass is 16.8. The second kappa shape index (κ2) is 8.84. The van der Waals surface area contributed by atoms with Gasteiger partial charge in [-0.25, -0.2) is 4.79 Å². The zero-order valence-electron chi connectivity index (χ0n) is 12.8. The molecule has 1 aromatic rings. The number of ether oxygens (including phenoxy) is 3. The Bertz CT molecular complexity index is 499. The smallest absolute Gasteiger partial charge is 0.493 e. The van der Waals surface area contributed by atoms with Crippen molar-refractivity contribution in [3.8, 4) is 11.5 Å². The van der Waals surface area contributed by atoms with Crippen LogP contribution in [-0.2, 0) is 9.57 Å². The predicted octanol–water partition coefficient (Wildman–Crippen LogP) is 3.38. The van der Waals surface area contributed by atoms with Gasteiger partial charge in [-0.3, -0.25) is 4.84 Å². The van der Waals surface area contributed by atoms with Crippen LogP contribution in [0.25, 0.3) is 0 Å². The van der Waals surface area contributed by atoms with Crippen LogP contribution in [0, 0.1) is 0 Å². The van der Waals surface area contributed by atoms with E-state index in [-0.39, 0.29) is 0 Å². The van der Waals surface area contributed by atoms with Crippen molar-refractivity contribution in [1.82, 2.24) is 0 Å². The molecule has 0 amide bonds. The van der Waals surface area contributed by atoms with Gasteiger partial charge in [-0.05, 0) is 31.5 Å². The fraction of sp³-hybridized carbons (Fsp3) is 0.467. The van der Waals surface area contributed by atoms with E-state index in [0.29, 0.717) is 23.8 Å². The Labute approximate surface area is 124 Å². The van der Waals surface area contributed by atoms with Gasteiger partial charge in [0.2, 0.25) is 0 Å². The molecule has 21 heavy (non-hydrogen) atoms. The van der Waals surface area contributed by atoms with Crippen LogP contribution in [0.2, 0.25) is 0 Å². The number of nitrogens with zero attached hydrogens (tertiary/aromatic N) is 1. The number of hydrogen-bond donors (Lipinski definition) is 0. The molecule has 0 bridgehead atoms. The molecule has 1 rings (SSSR count). The fourth-order valence-electron chi connectivity index (χ4n) is 1.54. The summed E-state index contributed by atoms with van der Waals surface area (Å²) < 4.78 is 15.3. The Balaban J connectivity index is 2.87. The van der Waals surface area contributed by atoms with Crippen molar-refractivity contribution < 1.29 is 23.8 Å². The first-order valence-electron chi connectivity index (χ1n) is 6.73. The number of hydrogen-bond acceptors (Lipinski definition) is 6. The monoisotopic (exact) mass is 295 g/mol. The van der Waals surface area contributed by atoms with Gasteiger partial charge in [0, 0.05) is 5.56 Å².